The summed E-state index contributed by atoms with van der Waals surface area (Å²) in [6.07, 6.45) is 1.63. The Morgan fingerprint density at radius 2 is 2.38 bits per heavy atom. The van der Waals surface area contributed by atoms with Crippen LogP contribution in [0.1, 0.15) is 24.0 Å². The van der Waals surface area contributed by atoms with Crippen molar-refractivity contribution in [3.63, 3.8) is 0 Å². The average Bonchev–Trinajstić information content (AvgIpc) is 2.56. The molecule has 0 saturated heterocycles. The van der Waals surface area contributed by atoms with Crippen molar-refractivity contribution in [1.82, 2.24) is 0 Å². The van der Waals surface area contributed by atoms with E-state index in [-0.39, 0.29) is 6.42 Å². The van der Waals surface area contributed by atoms with E-state index in [9.17, 15) is 4.79 Å². The lowest BCUT2D eigenvalue weighted by Gasteiger charge is -2.27. The molecule has 1 aromatic rings. The summed E-state index contributed by atoms with van der Waals surface area (Å²) in [4.78, 5) is 10.9. The van der Waals surface area contributed by atoms with Gasteiger partial charge in [-0.3, -0.25) is 4.79 Å². The van der Waals surface area contributed by atoms with Gasteiger partial charge in [0.05, 0.1) is 6.42 Å². The normalized spacial score (nSPS) is 23.1. The smallest absolute Gasteiger partial charge is 0.306 e. The molecule has 0 amide bonds. The summed E-state index contributed by atoms with van der Waals surface area (Å²) in [6, 6.07) is 5.93. The Hall–Kier alpha value is -0.870. The fourth-order valence-electron chi connectivity index (χ4n) is 2.40. The number of hydrogen-bond donors (Lipinski definition) is 1. The van der Waals surface area contributed by atoms with Gasteiger partial charge in [-0.25, -0.2) is 0 Å². The van der Waals surface area contributed by atoms with Crippen molar-refractivity contribution >= 4 is 21.9 Å². The van der Waals surface area contributed by atoms with E-state index in [0.29, 0.717) is 0 Å². The number of hydrogen-bond acceptors (Lipinski definition) is 2. The summed E-state index contributed by atoms with van der Waals surface area (Å²) in [5.74, 6) is -0.822. The van der Waals surface area contributed by atoms with E-state index in [1.807, 2.05) is 18.2 Å². The van der Waals surface area contributed by atoms with Crippen LogP contribution in [0.4, 0.5) is 0 Å². The van der Waals surface area contributed by atoms with Crippen molar-refractivity contribution < 1.29 is 14.6 Å². The predicted molar refractivity (Wildman–Crippen MR) is 63.4 cm³/mol. The van der Waals surface area contributed by atoms with Crippen molar-refractivity contribution in [1.29, 1.82) is 0 Å². The first kappa shape index (κ1) is 11.6. The highest BCUT2D eigenvalue weighted by atomic mass is 79.9. The molecule has 86 valence electrons. The Bertz CT molecular complexity index is 430. The average molecular weight is 285 g/mol. The van der Waals surface area contributed by atoms with Crippen LogP contribution in [0.5, 0.6) is 0 Å². The number of carboxylic acid groups (broad SMARTS) is 1. The van der Waals surface area contributed by atoms with Crippen molar-refractivity contribution in [3.05, 3.63) is 33.8 Å². The van der Waals surface area contributed by atoms with Gasteiger partial charge in [0, 0.05) is 11.6 Å². The molecule has 4 heteroatoms. The first-order valence-electron chi connectivity index (χ1n) is 5.13. The molecule has 0 aliphatic heterocycles. The Balaban J connectivity index is 2.43. The van der Waals surface area contributed by atoms with E-state index in [2.05, 4.69) is 15.9 Å². The van der Waals surface area contributed by atoms with Crippen molar-refractivity contribution in [2.75, 3.05) is 7.11 Å². The summed E-state index contributed by atoms with van der Waals surface area (Å²) in [5, 5.41) is 8.96. The number of carbonyl (C=O) groups is 1. The third-order valence-corrected chi connectivity index (χ3v) is 3.68. The van der Waals surface area contributed by atoms with E-state index in [0.717, 1.165) is 22.9 Å². The fourth-order valence-corrected chi connectivity index (χ4v) is 2.81. The highest BCUT2D eigenvalue weighted by molar-refractivity contribution is 9.10. The molecule has 0 bridgehead atoms. The summed E-state index contributed by atoms with van der Waals surface area (Å²) >= 11 is 3.42. The van der Waals surface area contributed by atoms with Crippen LogP contribution in [-0.4, -0.2) is 18.2 Å². The maximum atomic E-state index is 10.9. The standard InChI is InChI=1S/C12H13BrO3/c1-16-12(7-11(14)15)5-4-8-6-9(13)2-3-10(8)12/h2-3,6H,4-5,7H2,1H3,(H,14,15). The molecular formula is C12H13BrO3. The van der Waals surface area contributed by atoms with Gasteiger partial charge in [0.1, 0.15) is 5.60 Å². The number of aryl methyl sites for hydroxylation is 1. The summed E-state index contributed by atoms with van der Waals surface area (Å²) in [7, 11) is 1.58. The third-order valence-electron chi connectivity index (χ3n) is 3.18. The van der Waals surface area contributed by atoms with Gasteiger partial charge in [0.2, 0.25) is 0 Å². The fraction of sp³-hybridized carbons (Fsp3) is 0.417. The molecule has 2 rings (SSSR count). The number of rotatable bonds is 3. The number of carboxylic acids is 1. The van der Waals surface area contributed by atoms with Crippen LogP contribution in [0.3, 0.4) is 0 Å². The molecule has 1 N–H and O–H groups in total. The molecular weight excluding hydrogens is 272 g/mol. The molecule has 1 aliphatic rings. The molecule has 3 nitrogen and oxygen atoms in total. The Kier molecular flexibility index (Phi) is 3.04. The van der Waals surface area contributed by atoms with E-state index in [1.54, 1.807) is 7.11 Å². The van der Waals surface area contributed by atoms with Crippen LogP contribution in [0.2, 0.25) is 0 Å². The van der Waals surface area contributed by atoms with Gasteiger partial charge >= 0.3 is 5.97 Å². The van der Waals surface area contributed by atoms with E-state index in [4.69, 9.17) is 9.84 Å². The number of ether oxygens (including phenoxy) is 1. The quantitative estimate of drug-likeness (QED) is 0.928. The van der Waals surface area contributed by atoms with Crippen LogP contribution < -0.4 is 0 Å². The molecule has 0 heterocycles. The SMILES string of the molecule is COC1(CC(=O)O)CCc2cc(Br)ccc21. The number of methoxy groups -OCH3 is 1. The molecule has 1 atom stereocenters. The van der Waals surface area contributed by atoms with Crippen molar-refractivity contribution in [3.8, 4) is 0 Å². The zero-order valence-corrected chi connectivity index (χ0v) is 10.6. The number of benzene rings is 1. The lowest BCUT2D eigenvalue weighted by Crippen LogP contribution is -2.28. The first-order valence-corrected chi connectivity index (χ1v) is 5.92. The molecule has 1 aliphatic carbocycles. The summed E-state index contributed by atoms with van der Waals surface area (Å²) < 4.78 is 6.50. The zero-order valence-electron chi connectivity index (χ0n) is 9.00. The van der Waals surface area contributed by atoms with Crippen LogP contribution in [0, 0.1) is 0 Å². The van der Waals surface area contributed by atoms with Gasteiger partial charge in [0.25, 0.3) is 0 Å². The minimum Gasteiger partial charge on any atom is -0.481 e. The lowest BCUT2D eigenvalue weighted by atomic mass is 9.92. The molecule has 0 saturated carbocycles. The highest BCUT2D eigenvalue weighted by Crippen LogP contribution is 2.42. The van der Waals surface area contributed by atoms with Crippen molar-refractivity contribution in [2.45, 2.75) is 24.9 Å². The molecule has 0 aromatic heterocycles. The van der Waals surface area contributed by atoms with Gasteiger partial charge in [-0.05, 0) is 36.1 Å². The second-order valence-electron chi connectivity index (χ2n) is 4.07. The van der Waals surface area contributed by atoms with Gasteiger partial charge in [0.15, 0.2) is 0 Å². The second kappa shape index (κ2) is 4.18. The number of aliphatic carboxylic acids is 1. The lowest BCUT2D eigenvalue weighted by molar-refractivity contribution is -0.144. The number of fused-ring (bicyclic) bond motifs is 1. The van der Waals surface area contributed by atoms with Gasteiger partial charge < -0.3 is 9.84 Å². The molecule has 0 spiro atoms. The van der Waals surface area contributed by atoms with Crippen LogP contribution in [-0.2, 0) is 21.6 Å². The Labute approximate surface area is 103 Å². The molecule has 0 fully saturated rings. The molecule has 16 heavy (non-hydrogen) atoms. The van der Waals surface area contributed by atoms with E-state index < -0.39 is 11.6 Å². The molecule has 1 aromatic carbocycles. The van der Waals surface area contributed by atoms with E-state index in [1.165, 1.54) is 5.56 Å². The van der Waals surface area contributed by atoms with Gasteiger partial charge in [-0.2, -0.15) is 0 Å². The van der Waals surface area contributed by atoms with Crippen LogP contribution >= 0.6 is 15.9 Å². The van der Waals surface area contributed by atoms with Crippen LogP contribution in [0.15, 0.2) is 22.7 Å². The zero-order chi connectivity index (χ0) is 11.8. The van der Waals surface area contributed by atoms with Gasteiger partial charge in [-0.15, -0.1) is 0 Å². The van der Waals surface area contributed by atoms with E-state index >= 15 is 0 Å². The largest absolute Gasteiger partial charge is 0.481 e. The summed E-state index contributed by atoms with van der Waals surface area (Å²) in [6.45, 7) is 0. The second-order valence-corrected chi connectivity index (χ2v) is 4.99. The molecule has 1 unspecified atom stereocenters. The number of halogens is 1. The monoisotopic (exact) mass is 284 g/mol. The summed E-state index contributed by atoms with van der Waals surface area (Å²) in [5.41, 5.74) is 1.56. The maximum Gasteiger partial charge on any atom is 0.306 e. The Morgan fingerprint density at radius 3 is 3.00 bits per heavy atom. The van der Waals surface area contributed by atoms with Gasteiger partial charge in [-0.1, -0.05) is 22.0 Å². The van der Waals surface area contributed by atoms with Crippen molar-refractivity contribution in [2.24, 2.45) is 0 Å². The van der Waals surface area contributed by atoms with Crippen LogP contribution in [0.25, 0.3) is 0 Å². The Morgan fingerprint density at radius 1 is 1.62 bits per heavy atom. The topological polar surface area (TPSA) is 46.5 Å². The predicted octanol–water partition coefficient (Wildman–Crippen LogP) is 2.71. The highest BCUT2D eigenvalue weighted by Gasteiger charge is 2.40. The minimum atomic E-state index is -0.822. The minimum absolute atomic E-state index is 0.0259. The first-order chi connectivity index (χ1) is 7.57. The third kappa shape index (κ3) is 1.87. The molecule has 0 radical (unpaired) electrons. The maximum absolute atomic E-state index is 10.9.